The molecule has 1 aromatic rings. The van der Waals surface area contributed by atoms with Gasteiger partial charge in [0.2, 0.25) is 0 Å². The lowest BCUT2D eigenvalue weighted by atomic mass is 10.2. The number of alkyl halides is 3. The monoisotopic (exact) mass is 304 g/mol. The van der Waals surface area contributed by atoms with Gasteiger partial charge in [0.25, 0.3) is 0 Å². The van der Waals surface area contributed by atoms with E-state index in [1.54, 1.807) is 4.90 Å². The average Bonchev–Trinajstić information content (AvgIpc) is 2.38. The molecule has 1 saturated heterocycles. The molecule has 108 valence electrons. The molecule has 8 heteroatoms. The van der Waals surface area contributed by atoms with Crippen molar-refractivity contribution in [1.82, 2.24) is 9.88 Å². The molecule has 4 nitrogen and oxygen atoms in total. The molecule has 1 aromatic heterocycles. The Morgan fingerprint density at radius 1 is 1.30 bits per heavy atom. The van der Waals surface area contributed by atoms with Gasteiger partial charge in [-0.1, -0.05) is 11.6 Å². The maximum absolute atomic E-state index is 12.3. The summed E-state index contributed by atoms with van der Waals surface area (Å²) in [6, 6.07) is 3.46. The van der Waals surface area contributed by atoms with Gasteiger partial charge in [0.05, 0.1) is 12.1 Å². The van der Waals surface area contributed by atoms with E-state index in [1.807, 2.05) is 6.07 Å². The molecule has 0 N–H and O–H groups in total. The molecule has 0 spiro atoms. The Balaban J connectivity index is 2.03. The highest BCUT2D eigenvalue weighted by molar-refractivity contribution is 6.34. The van der Waals surface area contributed by atoms with E-state index in [0.29, 0.717) is 24.5 Å². The van der Waals surface area contributed by atoms with Gasteiger partial charge >= 0.3 is 6.18 Å². The summed E-state index contributed by atoms with van der Waals surface area (Å²) in [6.45, 7) is 0.470. The molecule has 0 aliphatic carbocycles. The van der Waals surface area contributed by atoms with Crippen LogP contribution in [0.15, 0.2) is 12.3 Å². The Hall–Kier alpha value is -1.52. The first-order chi connectivity index (χ1) is 9.40. The van der Waals surface area contributed by atoms with E-state index >= 15 is 0 Å². The lowest BCUT2D eigenvalue weighted by molar-refractivity contribution is -0.146. The molecule has 0 saturated carbocycles. The minimum absolute atomic E-state index is 0.249. The summed E-state index contributed by atoms with van der Waals surface area (Å²) < 4.78 is 36.9. The number of aromatic nitrogens is 1. The maximum Gasteiger partial charge on any atom is 0.401 e. The Bertz CT molecular complexity index is 518. The number of halogens is 4. The van der Waals surface area contributed by atoms with Crippen LogP contribution in [0.2, 0.25) is 5.02 Å². The van der Waals surface area contributed by atoms with E-state index in [0.717, 1.165) is 0 Å². The van der Waals surface area contributed by atoms with Crippen LogP contribution in [0.25, 0.3) is 0 Å². The lowest BCUT2D eigenvalue weighted by Gasteiger charge is -2.35. The Morgan fingerprint density at radius 2 is 1.95 bits per heavy atom. The van der Waals surface area contributed by atoms with Gasteiger partial charge in [0.15, 0.2) is 0 Å². The first-order valence-corrected chi connectivity index (χ1v) is 6.37. The van der Waals surface area contributed by atoms with Crippen LogP contribution in [0, 0.1) is 11.3 Å². The standard InChI is InChI=1S/C12H12ClF3N4/c13-10-9(7-17)1-2-18-11(10)20-5-3-19(4-6-20)8-12(14,15)16/h1-2H,3-6,8H2. The van der Waals surface area contributed by atoms with E-state index in [2.05, 4.69) is 4.98 Å². The van der Waals surface area contributed by atoms with Gasteiger partial charge in [-0.15, -0.1) is 0 Å². The van der Waals surface area contributed by atoms with Gasteiger partial charge in [-0.25, -0.2) is 4.98 Å². The van der Waals surface area contributed by atoms with Crippen molar-refractivity contribution in [3.8, 4) is 6.07 Å². The van der Waals surface area contributed by atoms with E-state index in [9.17, 15) is 13.2 Å². The minimum atomic E-state index is -4.18. The second kappa shape index (κ2) is 5.85. The quantitative estimate of drug-likeness (QED) is 0.841. The smallest absolute Gasteiger partial charge is 0.353 e. The minimum Gasteiger partial charge on any atom is -0.353 e. The average molecular weight is 305 g/mol. The highest BCUT2D eigenvalue weighted by Gasteiger charge is 2.32. The zero-order chi connectivity index (χ0) is 14.8. The molecule has 0 amide bonds. The summed E-state index contributed by atoms with van der Waals surface area (Å²) in [5.74, 6) is 0.456. The summed E-state index contributed by atoms with van der Waals surface area (Å²) in [7, 11) is 0. The van der Waals surface area contributed by atoms with Gasteiger partial charge < -0.3 is 4.90 Å². The van der Waals surface area contributed by atoms with Crippen LogP contribution in [0.5, 0.6) is 0 Å². The van der Waals surface area contributed by atoms with Crippen molar-refractivity contribution < 1.29 is 13.2 Å². The fourth-order valence-electron chi connectivity index (χ4n) is 2.11. The lowest BCUT2D eigenvalue weighted by Crippen LogP contribution is -2.49. The fraction of sp³-hybridized carbons (Fsp3) is 0.500. The van der Waals surface area contributed by atoms with Crippen LogP contribution in [-0.2, 0) is 0 Å². The molecule has 1 fully saturated rings. The molecule has 1 aliphatic rings. The van der Waals surface area contributed by atoms with Crippen molar-refractivity contribution >= 4 is 17.4 Å². The SMILES string of the molecule is N#Cc1ccnc(N2CCN(CC(F)(F)F)CC2)c1Cl. The summed E-state index contributed by atoms with van der Waals surface area (Å²) in [5, 5.41) is 9.15. The summed E-state index contributed by atoms with van der Waals surface area (Å²) >= 11 is 6.06. The summed E-state index contributed by atoms with van der Waals surface area (Å²) in [4.78, 5) is 7.26. The molecule has 2 heterocycles. The molecule has 0 radical (unpaired) electrons. The molecule has 20 heavy (non-hydrogen) atoms. The molecule has 0 aromatic carbocycles. The third kappa shape index (κ3) is 3.52. The van der Waals surface area contributed by atoms with Crippen LogP contribution in [0.1, 0.15) is 5.56 Å². The second-order valence-corrected chi connectivity index (χ2v) is 4.86. The number of piperazine rings is 1. The number of pyridine rings is 1. The third-order valence-electron chi connectivity index (χ3n) is 3.07. The van der Waals surface area contributed by atoms with E-state index in [1.165, 1.54) is 17.2 Å². The predicted molar refractivity (Wildman–Crippen MR) is 68.7 cm³/mol. The van der Waals surface area contributed by atoms with Gasteiger partial charge in [-0.2, -0.15) is 18.4 Å². The summed E-state index contributed by atoms with van der Waals surface area (Å²) in [6.07, 6.45) is -2.71. The highest BCUT2D eigenvalue weighted by Crippen LogP contribution is 2.27. The second-order valence-electron chi connectivity index (χ2n) is 4.49. The van der Waals surface area contributed by atoms with Crippen LogP contribution < -0.4 is 4.90 Å². The summed E-state index contributed by atoms with van der Waals surface area (Å²) in [5.41, 5.74) is 0.314. The van der Waals surface area contributed by atoms with Gasteiger partial charge in [0, 0.05) is 32.4 Å². The zero-order valence-corrected chi connectivity index (χ0v) is 11.2. The topological polar surface area (TPSA) is 43.2 Å². The van der Waals surface area contributed by atoms with Crippen LogP contribution in [0.3, 0.4) is 0 Å². The Labute approximate surface area is 119 Å². The maximum atomic E-state index is 12.3. The number of rotatable bonds is 2. The number of nitrogens with zero attached hydrogens (tertiary/aromatic N) is 4. The third-order valence-corrected chi connectivity index (χ3v) is 3.44. The van der Waals surface area contributed by atoms with Crippen molar-refractivity contribution in [3.63, 3.8) is 0 Å². The molecular weight excluding hydrogens is 293 g/mol. The van der Waals surface area contributed by atoms with Crippen molar-refractivity contribution in [2.75, 3.05) is 37.6 Å². The van der Waals surface area contributed by atoms with E-state index < -0.39 is 12.7 Å². The molecule has 0 bridgehead atoms. The number of anilines is 1. The number of hydrogen-bond donors (Lipinski definition) is 0. The fourth-order valence-corrected chi connectivity index (χ4v) is 2.38. The number of hydrogen-bond acceptors (Lipinski definition) is 4. The Morgan fingerprint density at radius 3 is 2.50 bits per heavy atom. The highest BCUT2D eigenvalue weighted by atomic mass is 35.5. The van der Waals surface area contributed by atoms with Gasteiger partial charge in [0.1, 0.15) is 16.9 Å². The molecule has 0 atom stereocenters. The largest absolute Gasteiger partial charge is 0.401 e. The van der Waals surface area contributed by atoms with Crippen molar-refractivity contribution in [2.45, 2.75) is 6.18 Å². The molecule has 0 unspecified atom stereocenters. The Kier molecular flexibility index (Phi) is 4.35. The number of nitriles is 1. The van der Waals surface area contributed by atoms with Gasteiger partial charge in [-0.05, 0) is 6.07 Å². The predicted octanol–water partition coefficient (Wildman–Crippen LogP) is 2.29. The van der Waals surface area contributed by atoms with E-state index in [-0.39, 0.29) is 18.1 Å². The van der Waals surface area contributed by atoms with Crippen LogP contribution in [-0.4, -0.2) is 48.8 Å². The first kappa shape index (κ1) is 14.9. The molecule has 1 aliphatic heterocycles. The first-order valence-electron chi connectivity index (χ1n) is 5.99. The zero-order valence-electron chi connectivity index (χ0n) is 10.5. The molecule has 2 rings (SSSR count). The van der Waals surface area contributed by atoms with Crippen LogP contribution >= 0.6 is 11.6 Å². The van der Waals surface area contributed by atoms with Crippen molar-refractivity contribution in [3.05, 3.63) is 22.8 Å². The van der Waals surface area contributed by atoms with Crippen molar-refractivity contribution in [1.29, 1.82) is 5.26 Å². The van der Waals surface area contributed by atoms with Crippen molar-refractivity contribution in [2.24, 2.45) is 0 Å². The van der Waals surface area contributed by atoms with Gasteiger partial charge in [-0.3, -0.25) is 4.90 Å². The molecular formula is C12H12ClF3N4. The van der Waals surface area contributed by atoms with E-state index in [4.69, 9.17) is 16.9 Å². The van der Waals surface area contributed by atoms with Crippen LogP contribution in [0.4, 0.5) is 19.0 Å². The normalized spacial score (nSPS) is 17.1.